The van der Waals surface area contributed by atoms with Crippen LogP contribution in [0.2, 0.25) is 0 Å². The number of hydrogen-bond acceptors (Lipinski definition) is 4. The molecular weight excluding hydrogens is 258 g/mol. The number of nitrogen functional groups attached to an aromatic ring is 1. The highest BCUT2D eigenvalue weighted by atomic mass is 32.2. The second-order valence-corrected chi connectivity index (χ2v) is 5.56. The van der Waals surface area contributed by atoms with E-state index >= 15 is 0 Å². The molecule has 0 aliphatic rings. The summed E-state index contributed by atoms with van der Waals surface area (Å²) in [6, 6.07) is 9.93. The fourth-order valence-corrected chi connectivity index (χ4v) is 2.91. The van der Waals surface area contributed by atoms with Crippen LogP contribution in [0.15, 0.2) is 40.0 Å². The number of nitrogens with two attached hydrogens (primary N) is 1. The van der Waals surface area contributed by atoms with Gasteiger partial charge in [-0.25, -0.2) is 4.98 Å². The summed E-state index contributed by atoms with van der Waals surface area (Å²) in [5, 5.41) is 2.56. The molecule has 0 amide bonds. The maximum atomic E-state index is 12.1. The van der Waals surface area contributed by atoms with Crippen LogP contribution in [0.3, 0.4) is 0 Å². The molecule has 5 heteroatoms. The van der Waals surface area contributed by atoms with Crippen molar-refractivity contribution in [2.24, 2.45) is 0 Å². The molecule has 0 spiro atoms. The van der Waals surface area contributed by atoms with Gasteiger partial charge in [-0.1, -0.05) is 19.1 Å². The summed E-state index contributed by atoms with van der Waals surface area (Å²) in [7, 11) is 0. The van der Waals surface area contributed by atoms with Crippen LogP contribution in [0.4, 0.5) is 5.95 Å². The van der Waals surface area contributed by atoms with E-state index in [9.17, 15) is 4.79 Å². The lowest BCUT2D eigenvalue weighted by Crippen LogP contribution is -2.11. The molecule has 0 unspecified atom stereocenters. The molecule has 0 radical (unpaired) electrons. The number of aromatic nitrogens is 2. The van der Waals surface area contributed by atoms with Crippen LogP contribution < -0.4 is 11.3 Å². The third-order valence-electron chi connectivity index (χ3n) is 2.99. The minimum atomic E-state index is -0.188. The van der Waals surface area contributed by atoms with Gasteiger partial charge in [0, 0.05) is 4.90 Å². The Hall–Kier alpha value is -2.01. The molecule has 1 aromatic heterocycles. The average Bonchev–Trinajstić information content (AvgIpc) is 2.38. The number of nitrogens with zero attached hydrogens (tertiary/aromatic N) is 1. The number of H-pyrrole nitrogens is 1. The van der Waals surface area contributed by atoms with Gasteiger partial charge in [0.05, 0.1) is 10.9 Å². The second-order valence-electron chi connectivity index (χ2n) is 4.23. The van der Waals surface area contributed by atoms with E-state index in [0.717, 1.165) is 21.4 Å². The lowest BCUT2D eigenvalue weighted by Gasteiger charge is -2.05. The SMILES string of the molecule is CCSc1ccc2ccc3nc(N)[nH]c(=O)c3c2c1. The van der Waals surface area contributed by atoms with Crippen molar-refractivity contribution in [3.8, 4) is 0 Å². The normalized spacial score (nSPS) is 11.2. The van der Waals surface area contributed by atoms with Crippen molar-refractivity contribution in [1.82, 2.24) is 9.97 Å². The van der Waals surface area contributed by atoms with Gasteiger partial charge in [-0.05, 0) is 34.7 Å². The largest absolute Gasteiger partial charge is 0.369 e. The smallest absolute Gasteiger partial charge is 0.260 e. The molecule has 96 valence electrons. The van der Waals surface area contributed by atoms with Gasteiger partial charge in [0.15, 0.2) is 0 Å². The molecule has 2 aromatic carbocycles. The molecule has 1 heterocycles. The Kier molecular flexibility index (Phi) is 2.91. The standard InChI is InChI=1S/C14H13N3OS/c1-2-19-9-5-3-8-4-6-11-12(10(8)7-9)13(18)17-14(15)16-11/h3-7H,2H2,1H3,(H3,15,16,17,18). The summed E-state index contributed by atoms with van der Waals surface area (Å²) in [5.41, 5.74) is 6.02. The van der Waals surface area contributed by atoms with Crippen molar-refractivity contribution in [3.63, 3.8) is 0 Å². The molecule has 0 bridgehead atoms. The Balaban J connectivity index is 2.43. The highest BCUT2D eigenvalue weighted by Gasteiger charge is 2.07. The van der Waals surface area contributed by atoms with Crippen LogP contribution in [-0.2, 0) is 0 Å². The van der Waals surface area contributed by atoms with Gasteiger partial charge >= 0.3 is 0 Å². The molecule has 0 atom stereocenters. The lowest BCUT2D eigenvalue weighted by atomic mass is 10.1. The van der Waals surface area contributed by atoms with E-state index in [4.69, 9.17) is 5.73 Å². The first-order valence-electron chi connectivity index (χ1n) is 6.04. The average molecular weight is 271 g/mol. The van der Waals surface area contributed by atoms with Gasteiger partial charge in [-0.15, -0.1) is 11.8 Å². The van der Waals surface area contributed by atoms with E-state index in [0.29, 0.717) is 10.9 Å². The predicted octanol–water partition coefficient (Wildman–Crippen LogP) is 2.77. The van der Waals surface area contributed by atoms with E-state index < -0.39 is 0 Å². The number of anilines is 1. The first kappa shape index (κ1) is 12.0. The lowest BCUT2D eigenvalue weighted by molar-refractivity contribution is 1.19. The van der Waals surface area contributed by atoms with Gasteiger partial charge in [-0.2, -0.15) is 0 Å². The number of hydrogen-bond donors (Lipinski definition) is 2. The Morgan fingerprint density at radius 3 is 2.89 bits per heavy atom. The molecule has 0 saturated carbocycles. The number of rotatable bonds is 2. The van der Waals surface area contributed by atoms with Gasteiger partial charge in [-0.3, -0.25) is 9.78 Å². The topological polar surface area (TPSA) is 71.8 Å². The minimum Gasteiger partial charge on any atom is -0.369 e. The number of nitrogens with one attached hydrogen (secondary N) is 1. The fourth-order valence-electron chi connectivity index (χ4n) is 2.21. The highest BCUT2D eigenvalue weighted by Crippen LogP contribution is 2.27. The third kappa shape index (κ3) is 2.06. The summed E-state index contributed by atoms with van der Waals surface area (Å²) in [4.78, 5) is 20.0. The van der Waals surface area contributed by atoms with Crippen molar-refractivity contribution in [2.45, 2.75) is 11.8 Å². The van der Waals surface area contributed by atoms with Crippen molar-refractivity contribution in [1.29, 1.82) is 0 Å². The number of benzene rings is 2. The van der Waals surface area contributed by atoms with Crippen molar-refractivity contribution in [3.05, 3.63) is 40.7 Å². The van der Waals surface area contributed by atoms with Gasteiger partial charge in [0.2, 0.25) is 5.95 Å². The summed E-state index contributed by atoms with van der Waals surface area (Å²) < 4.78 is 0. The first-order valence-corrected chi connectivity index (χ1v) is 7.02. The second kappa shape index (κ2) is 4.59. The van der Waals surface area contributed by atoms with E-state index in [1.807, 2.05) is 24.3 Å². The maximum absolute atomic E-state index is 12.1. The zero-order chi connectivity index (χ0) is 13.4. The quantitative estimate of drug-likeness (QED) is 0.555. The highest BCUT2D eigenvalue weighted by molar-refractivity contribution is 7.99. The summed E-state index contributed by atoms with van der Waals surface area (Å²) in [6.45, 7) is 2.10. The molecule has 3 rings (SSSR count). The zero-order valence-corrected chi connectivity index (χ0v) is 11.3. The molecule has 0 saturated heterocycles. The van der Waals surface area contributed by atoms with E-state index in [1.165, 1.54) is 0 Å². The molecule has 19 heavy (non-hydrogen) atoms. The van der Waals surface area contributed by atoms with Crippen LogP contribution in [0.5, 0.6) is 0 Å². The Bertz CT molecular complexity index is 826. The Morgan fingerprint density at radius 1 is 1.32 bits per heavy atom. The summed E-state index contributed by atoms with van der Waals surface area (Å²) >= 11 is 1.75. The van der Waals surface area contributed by atoms with Crippen LogP contribution in [0, 0.1) is 0 Å². The molecular formula is C14H13N3OS. The maximum Gasteiger partial charge on any atom is 0.260 e. The van der Waals surface area contributed by atoms with Crippen molar-refractivity contribution in [2.75, 3.05) is 11.5 Å². The third-order valence-corrected chi connectivity index (χ3v) is 3.87. The number of aromatic amines is 1. The molecule has 4 nitrogen and oxygen atoms in total. The van der Waals surface area contributed by atoms with Crippen molar-refractivity contribution < 1.29 is 0 Å². The molecule has 3 aromatic rings. The van der Waals surface area contributed by atoms with Gasteiger partial charge in [0.25, 0.3) is 5.56 Å². The van der Waals surface area contributed by atoms with E-state index in [1.54, 1.807) is 11.8 Å². The van der Waals surface area contributed by atoms with Crippen LogP contribution in [-0.4, -0.2) is 15.7 Å². The molecule has 3 N–H and O–H groups in total. The van der Waals surface area contributed by atoms with Gasteiger partial charge < -0.3 is 5.73 Å². The van der Waals surface area contributed by atoms with Crippen LogP contribution >= 0.6 is 11.8 Å². The monoisotopic (exact) mass is 271 g/mol. The zero-order valence-electron chi connectivity index (χ0n) is 10.4. The molecule has 0 fully saturated rings. The Morgan fingerprint density at radius 2 is 2.11 bits per heavy atom. The fraction of sp³-hybridized carbons (Fsp3) is 0.143. The Labute approximate surface area is 114 Å². The van der Waals surface area contributed by atoms with E-state index in [-0.39, 0.29) is 11.5 Å². The number of thioether (sulfide) groups is 1. The summed E-state index contributed by atoms with van der Waals surface area (Å²) in [6.07, 6.45) is 0. The van der Waals surface area contributed by atoms with Crippen LogP contribution in [0.1, 0.15) is 6.92 Å². The number of fused-ring (bicyclic) bond motifs is 3. The van der Waals surface area contributed by atoms with Gasteiger partial charge in [0.1, 0.15) is 0 Å². The minimum absolute atomic E-state index is 0.149. The molecule has 0 aliphatic heterocycles. The predicted molar refractivity (Wildman–Crippen MR) is 80.7 cm³/mol. The van der Waals surface area contributed by atoms with E-state index in [2.05, 4.69) is 23.0 Å². The van der Waals surface area contributed by atoms with Crippen LogP contribution in [0.25, 0.3) is 21.7 Å². The first-order chi connectivity index (χ1) is 9.19. The summed E-state index contributed by atoms with van der Waals surface area (Å²) in [5.74, 6) is 1.15. The molecule has 0 aliphatic carbocycles. The van der Waals surface area contributed by atoms with Crippen molar-refractivity contribution >= 4 is 39.4 Å².